The molecule has 0 radical (unpaired) electrons. The van der Waals surface area contributed by atoms with Crippen molar-refractivity contribution in [2.24, 2.45) is 0 Å². The molecule has 0 saturated carbocycles. The predicted molar refractivity (Wildman–Crippen MR) is 49.9 cm³/mol. The monoisotopic (exact) mass is 298 g/mol. The fourth-order valence-corrected chi connectivity index (χ4v) is 0.939. The summed E-state index contributed by atoms with van der Waals surface area (Å²) in [5.74, 6) is 0. The first-order valence-electron chi connectivity index (χ1n) is 4.30. The summed E-state index contributed by atoms with van der Waals surface area (Å²) in [6.45, 7) is 0. The van der Waals surface area contributed by atoms with Crippen LogP contribution in [0.25, 0.3) is 0 Å². The summed E-state index contributed by atoms with van der Waals surface area (Å²) >= 11 is -2.48. The van der Waals surface area contributed by atoms with Crippen molar-refractivity contribution < 1.29 is 38.9 Å². The highest BCUT2D eigenvalue weighted by Crippen LogP contribution is 2.20. The van der Waals surface area contributed by atoms with Crippen molar-refractivity contribution in [1.29, 1.82) is 0 Å². The maximum Gasteiger partial charge on any atom is 0.416 e. The van der Waals surface area contributed by atoms with Gasteiger partial charge in [0.1, 0.15) is 12.5 Å². The molecule has 0 aromatic carbocycles. The van der Waals surface area contributed by atoms with Gasteiger partial charge in [-0.25, -0.2) is 0 Å². The van der Waals surface area contributed by atoms with E-state index in [1.165, 1.54) is 0 Å². The number of rotatable bonds is 6. The lowest BCUT2D eigenvalue weighted by atomic mass is 10.4. The maximum atomic E-state index is 11.6. The van der Waals surface area contributed by atoms with E-state index >= 15 is 0 Å². The summed E-state index contributed by atoms with van der Waals surface area (Å²) in [6, 6.07) is 0. The molecular formula is C8H8F6O3S. The molecule has 0 rings (SSSR count). The van der Waals surface area contributed by atoms with Crippen LogP contribution in [-0.2, 0) is 19.7 Å². The van der Waals surface area contributed by atoms with Crippen LogP contribution in [-0.4, -0.2) is 16.6 Å². The van der Waals surface area contributed by atoms with Gasteiger partial charge >= 0.3 is 23.7 Å². The molecular weight excluding hydrogens is 290 g/mol. The minimum Gasteiger partial charge on any atom is -0.379 e. The Morgan fingerprint density at radius 2 is 1.17 bits per heavy atom. The van der Waals surface area contributed by atoms with Gasteiger partial charge in [0.05, 0.1) is 12.8 Å². The quantitative estimate of drug-likeness (QED) is 0.556. The lowest BCUT2D eigenvalue weighted by Gasteiger charge is -2.01. The van der Waals surface area contributed by atoms with Gasteiger partial charge in [-0.1, -0.05) is 0 Å². The molecule has 10 heteroatoms. The predicted octanol–water partition coefficient (Wildman–Crippen LogP) is 3.53. The molecule has 0 aliphatic carbocycles. The van der Waals surface area contributed by atoms with Crippen molar-refractivity contribution in [3.05, 3.63) is 24.7 Å². The molecule has 0 aromatic heterocycles. The highest BCUT2D eigenvalue weighted by molar-refractivity contribution is 7.75. The highest BCUT2D eigenvalue weighted by atomic mass is 32.2. The van der Waals surface area contributed by atoms with Gasteiger partial charge in [-0.2, -0.15) is 30.6 Å². The normalized spacial score (nSPS) is 15.2. The molecule has 0 aromatic rings. The minimum atomic E-state index is -4.42. The van der Waals surface area contributed by atoms with Crippen molar-refractivity contribution in [2.45, 2.75) is 25.2 Å². The Bertz CT molecular complexity index is 290. The van der Waals surface area contributed by atoms with Crippen LogP contribution in [0, 0.1) is 0 Å². The molecule has 0 fully saturated rings. The third-order valence-corrected chi connectivity index (χ3v) is 1.70. The Morgan fingerprint density at radius 1 is 0.833 bits per heavy atom. The molecule has 0 aliphatic rings. The third kappa shape index (κ3) is 12.9. The molecule has 0 atom stereocenters. The molecule has 0 unspecified atom stereocenters. The first kappa shape index (κ1) is 16.8. The molecule has 0 N–H and O–H groups in total. The van der Waals surface area contributed by atoms with Crippen molar-refractivity contribution in [1.82, 2.24) is 0 Å². The van der Waals surface area contributed by atoms with Crippen molar-refractivity contribution in [3.63, 3.8) is 0 Å². The van der Waals surface area contributed by atoms with E-state index < -0.39 is 36.6 Å². The van der Waals surface area contributed by atoms with Gasteiger partial charge in [-0.05, 0) is 12.2 Å². The van der Waals surface area contributed by atoms with Gasteiger partial charge < -0.3 is 8.37 Å². The SMILES string of the molecule is O=S(OC=CCC(F)(F)F)OC=CCC(F)(F)F. The second kappa shape index (κ2) is 7.29. The molecule has 18 heavy (non-hydrogen) atoms. The van der Waals surface area contributed by atoms with E-state index in [2.05, 4.69) is 8.37 Å². The number of alkyl halides is 6. The van der Waals surface area contributed by atoms with E-state index in [9.17, 15) is 30.6 Å². The summed E-state index contributed by atoms with van der Waals surface area (Å²) < 4.78 is 88.6. The fraction of sp³-hybridized carbons (Fsp3) is 0.500. The number of allylic oxidation sites excluding steroid dienone is 2. The summed E-state index contributed by atoms with van der Waals surface area (Å²) in [6.07, 6.45) is -9.35. The molecule has 0 saturated heterocycles. The van der Waals surface area contributed by atoms with E-state index in [-0.39, 0.29) is 0 Å². The van der Waals surface area contributed by atoms with Gasteiger partial charge in [0.2, 0.25) is 0 Å². The van der Waals surface area contributed by atoms with Crippen LogP contribution in [0.4, 0.5) is 26.3 Å². The second-order valence-corrected chi connectivity index (χ2v) is 3.57. The van der Waals surface area contributed by atoms with Crippen LogP contribution >= 0.6 is 0 Å². The van der Waals surface area contributed by atoms with Crippen LogP contribution in [0.3, 0.4) is 0 Å². The van der Waals surface area contributed by atoms with Gasteiger partial charge in [0.15, 0.2) is 0 Å². The first-order chi connectivity index (χ1) is 8.10. The van der Waals surface area contributed by atoms with Crippen molar-refractivity contribution in [3.8, 4) is 0 Å². The summed E-state index contributed by atoms with van der Waals surface area (Å²) in [4.78, 5) is 0. The summed E-state index contributed by atoms with van der Waals surface area (Å²) in [5, 5.41) is 0. The second-order valence-electron chi connectivity index (χ2n) is 2.78. The Hall–Kier alpha value is -1.19. The smallest absolute Gasteiger partial charge is 0.379 e. The summed E-state index contributed by atoms with van der Waals surface area (Å²) in [7, 11) is 0. The molecule has 0 bridgehead atoms. The number of hydrogen-bond donors (Lipinski definition) is 0. The summed E-state index contributed by atoms with van der Waals surface area (Å²) in [5.41, 5.74) is 0. The molecule has 106 valence electrons. The third-order valence-electron chi connectivity index (χ3n) is 1.16. The Kier molecular flexibility index (Phi) is 6.81. The van der Waals surface area contributed by atoms with Crippen LogP contribution in [0.1, 0.15) is 12.8 Å². The van der Waals surface area contributed by atoms with Crippen molar-refractivity contribution in [2.75, 3.05) is 0 Å². The zero-order valence-corrected chi connectivity index (χ0v) is 9.44. The van der Waals surface area contributed by atoms with Crippen LogP contribution in [0.2, 0.25) is 0 Å². The Morgan fingerprint density at radius 3 is 1.44 bits per heavy atom. The van der Waals surface area contributed by atoms with Gasteiger partial charge in [0, 0.05) is 0 Å². The number of halogens is 6. The Balaban J connectivity index is 3.79. The zero-order chi connectivity index (χ0) is 14.2. The zero-order valence-electron chi connectivity index (χ0n) is 8.62. The lowest BCUT2D eigenvalue weighted by molar-refractivity contribution is -0.126. The lowest BCUT2D eigenvalue weighted by Crippen LogP contribution is -2.04. The van der Waals surface area contributed by atoms with Gasteiger partial charge in [-0.15, -0.1) is 0 Å². The van der Waals surface area contributed by atoms with Gasteiger partial charge in [0.25, 0.3) is 0 Å². The van der Waals surface area contributed by atoms with Gasteiger partial charge in [-0.3, -0.25) is 0 Å². The van der Waals surface area contributed by atoms with Crippen LogP contribution in [0.5, 0.6) is 0 Å². The largest absolute Gasteiger partial charge is 0.416 e. The first-order valence-corrected chi connectivity index (χ1v) is 5.30. The van der Waals surface area contributed by atoms with E-state index in [4.69, 9.17) is 0 Å². The van der Waals surface area contributed by atoms with Crippen LogP contribution < -0.4 is 0 Å². The molecule has 0 amide bonds. The van der Waals surface area contributed by atoms with Crippen molar-refractivity contribution >= 4 is 11.4 Å². The molecule has 3 nitrogen and oxygen atoms in total. The van der Waals surface area contributed by atoms with E-state index in [1.54, 1.807) is 0 Å². The Labute approximate surface area is 101 Å². The maximum absolute atomic E-state index is 11.6. The van der Waals surface area contributed by atoms with E-state index in [1.807, 2.05) is 0 Å². The highest BCUT2D eigenvalue weighted by Gasteiger charge is 2.25. The average Bonchev–Trinajstić information content (AvgIpc) is 2.17. The van der Waals surface area contributed by atoms with Crippen LogP contribution in [0.15, 0.2) is 24.7 Å². The standard InChI is InChI=1S/C8H8F6O3S/c9-7(10,11)3-1-5-16-18(15)17-6-2-4-8(12,13)14/h1-2,5-6H,3-4H2. The fourth-order valence-electron chi connectivity index (χ4n) is 0.555. The van der Waals surface area contributed by atoms with E-state index in [0.717, 1.165) is 0 Å². The molecule has 0 heterocycles. The average molecular weight is 298 g/mol. The minimum absolute atomic E-state index is 0.487. The number of hydrogen-bond acceptors (Lipinski definition) is 3. The molecule has 0 aliphatic heterocycles. The van der Waals surface area contributed by atoms with E-state index in [0.29, 0.717) is 24.7 Å². The topological polar surface area (TPSA) is 35.5 Å². The molecule has 0 spiro atoms.